The third kappa shape index (κ3) is 4.46. The first kappa shape index (κ1) is 17.3. The quantitative estimate of drug-likeness (QED) is 0.821. The lowest BCUT2D eigenvalue weighted by atomic mass is 10.1. The maximum Gasteiger partial charge on any atom is 0.258 e. The SMILES string of the molecule is Cc1csc(COc2ccc(F)c(C(=O)NCN(C)C)c2F)n1. The number of hydrogen-bond donors (Lipinski definition) is 1. The first-order chi connectivity index (χ1) is 10.9. The van der Waals surface area contributed by atoms with Gasteiger partial charge in [-0.25, -0.2) is 13.8 Å². The van der Waals surface area contributed by atoms with Crippen LogP contribution in [0.15, 0.2) is 17.5 Å². The van der Waals surface area contributed by atoms with Crippen LogP contribution in [-0.2, 0) is 6.61 Å². The van der Waals surface area contributed by atoms with Crippen molar-refractivity contribution in [1.29, 1.82) is 0 Å². The Hall–Kier alpha value is -2.06. The molecule has 0 aliphatic heterocycles. The molecule has 0 radical (unpaired) electrons. The van der Waals surface area contributed by atoms with Crippen molar-refractivity contribution in [3.63, 3.8) is 0 Å². The molecule has 2 rings (SSSR count). The van der Waals surface area contributed by atoms with Crippen LogP contribution in [0.1, 0.15) is 21.1 Å². The van der Waals surface area contributed by atoms with Gasteiger partial charge >= 0.3 is 0 Å². The highest BCUT2D eigenvalue weighted by Crippen LogP contribution is 2.24. The van der Waals surface area contributed by atoms with Crippen molar-refractivity contribution in [3.05, 3.63) is 45.4 Å². The average Bonchev–Trinajstić information content (AvgIpc) is 2.90. The molecule has 0 atom stereocenters. The van der Waals surface area contributed by atoms with E-state index in [-0.39, 0.29) is 19.0 Å². The van der Waals surface area contributed by atoms with Crippen LogP contribution in [0.2, 0.25) is 0 Å². The lowest BCUT2D eigenvalue weighted by Crippen LogP contribution is -2.34. The summed E-state index contributed by atoms with van der Waals surface area (Å²) in [5.74, 6) is -2.97. The van der Waals surface area contributed by atoms with Gasteiger partial charge in [0, 0.05) is 11.1 Å². The number of nitrogens with zero attached hydrogens (tertiary/aromatic N) is 2. The Labute approximate surface area is 136 Å². The van der Waals surface area contributed by atoms with E-state index in [1.54, 1.807) is 19.0 Å². The minimum absolute atomic E-state index is 0.0554. The Kier molecular flexibility index (Phi) is 5.62. The van der Waals surface area contributed by atoms with Gasteiger partial charge in [0.1, 0.15) is 23.0 Å². The molecule has 0 bridgehead atoms. The Morgan fingerprint density at radius 3 is 2.74 bits per heavy atom. The number of carbonyl (C=O) groups excluding carboxylic acids is 1. The fourth-order valence-corrected chi connectivity index (χ4v) is 2.46. The van der Waals surface area contributed by atoms with Crippen molar-refractivity contribution < 1.29 is 18.3 Å². The smallest absolute Gasteiger partial charge is 0.258 e. The molecule has 23 heavy (non-hydrogen) atoms. The van der Waals surface area contributed by atoms with E-state index >= 15 is 0 Å². The highest BCUT2D eigenvalue weighted by molar-refractivity contribution is 7.09. The van der Waals surface area contributed by atoms with Gasteiger partial charge in [-0.2, -0.15) is 0 Å². The first-order valence-corrected chi connectivity index (χ1v) is 7.71. The van der Waals surface area contributed by atoms with E-state index < -0.39 is 23.1 Å². The summed E-state index contributed by atoms with van der Waals surface area (Å²) in [6.07, 6.45) is 0. The van der Waals surface area contributed by atoms with Gasteiger partial charge < -0.3 is 10.1 Å². The molecule has 5 nitrogen and oxygen atoms in total. The number of aryl methyl sites for hydroxylation is 1. The molecule has 1 aromatic heterocycles. The summed E-state index contributed by atoms with van der Waals surface area (Å²) < 4.78 is 33.5. The molecular weight excluding hydrogens is 324 g/mol. The number of rotatable bonds is 6. The van der Waals surface area contributed by atoms with Crippen molar-refractivity contribution in [1.82, 2.24) is 15.2 Å². The summed E-state index contributed by atoms with van der Waals surface area (Å²) >= 11 is 1.38. The number of nitrogens with one attached hydrogen (secondary N) is 1. The van der Waals surface area contributed by atoms with E-state index in [9.17, 15) is 13.6 Å². The molecule has 0 saturated carbocycles. The summed E-state index contributed by atoms with van der Waals surface area (Å²) in [5.41, 5.74) is 0.191. The van der Waals surface area contributed by atoms with E-state index in [1.807, 2.05) is 12.3 Å². The molecule has 8 heteroatoms. The van der Waals surface area contributed by atoms with Crippen LogP contribution in [0.3, 0.4) is 0 Å². The molecule has 1 amide bonds. The van der Waals surface area contributed by atoms with Crippen LogP contribution < -0.4 is 10.1 Å². The van der Waals surface area contributed by atoms with Crippen molar-refractivity contribution in [3.8, 4) is 5.75 Å². The third-order valence-corrected chi connectivity index (χ3v) is 3.80. The molecule has 1 N–H and O–H groups in total. The molecule has 0 fully saturated rings. The molecule has 0 spiro atoms. The second-order valence-electron chi connectivity index (χ2n) is 5.15. The number of hydrogen-bond acceptors (Lipinski definition) is 5. The summed E-state index contributed by atoms with van der Waals surface area (Å²) in [6.45, 7) is 2.06. The van der Waals surface area contributed by atoms with Gasteiger partial charge in [-0.3, -0.25) is 9.69 Å². The van der Waals surface area contributed by atoms with Crippen LogP contribution in [0.25, 0.3) is 0 Å². The van der Waals surface area contributed by atoms with Crippen molar-refractivity contribution in [2.45, 2.75) is 13.5 Å². The van der Waals surface area contributed by atoms with Gasteiger partial charge in [0.25, 0.3) is 5.91 Å². The van der Waals surface area contributed by atoms with Gasteiger partial charge in [-0.15, -0.1) is 11.3 Å². The van der Waals surface area contributed by atoms with Crippen LogP contribution in [0.4, 0.5) is 8.78 Å². The molecule has 1 heterocycles. The zero-order valence-electron chi connectivity index (χ0n) is 13.0. The van der Waals surface area contributed by atoms with Gasteiger partial charge in [0.15, 0.2) is 11.6 Å². The van der Waals surface area contributed by atoms with Gasteiger partial charge in [0.05, 0.1) is 6.67 Å². The van der Waals surface area contributed by atoms with E-state index in [4.69, 9.17) is 4.74 Å². The molecule has 0 aliphatic rings. The number of halogens is 2. The van der Waals surface area contributed by atoms with Crippen LogP contribution in [-0.4, -0.2) is 36.6 Å². The normalized spacial score (nSPS) is 10.9. The van der Waals surface area contributed by atoms with Gasteiger partial charge in [-0.05, 0) is 33.2 Å². The van der Waals surface area contributed by atoms with Gasteiger partial charge in [0.2, 0.25) is 0 Å². The highest BCUT2D eigenvalue weighted by atomic mass is 32.1. The minimum atomic E-state index is -1.02. The van der Waals surface area contributed by atoms with E-state index in [1.165, 1.54) is 11.3 Å². The van der Waals surface area contributed by atoms with E-state index in [2.05, 4.69) is 10.3 Å². The molecular formula is C15H17F2N3O2S. The molecule has 0 aliphatic carbocycles. The minimum Gasteiger partial charge on any atom is -0.483 e. The number of amides is 1. The summed E-state index contributed by atoms with van der Waals surface area (Å²) in [7, 11) is 3.45. The standard InChI is InChI=1S/C15H17F2N3O2S/c1-9-7-23-12(19-9)6-22-11-5-4-10(16)13(14(11)17)15(21)18-8-20(2)3/h4-5,7H,6,8H2,1-3H3,(H,18,21). The Balaban J connectivity index is 2.15. The second kappa shape index (κ2) is 7.47. The van der Waals surface area contributed by atoms with Crippen LogP contribution >= 0.6 is 11.3 Å². The van der Waals surface area contributed by atoms with Crippen molar-refractivity contribution in [2.24, 2.45) is 0 Å². The zero-order chi connectivity index (χ0) is 17.0. The number of aromatic nitrogens is 1. The Morgan fingerprint density at radius 2 is 2.13 bits per heavy atom. The largest absolute Gasteiger partial charge is 0.483 e. The fraction of sp³-hybridized carbons (Fsp3) is 0.333. The number of ether oxygens (including phenoxy) is 1. The summed E-state index contributed by atoms with van der Waals surface area (Å²) in [4.78, 5) is 17.8. The Bertz CT molecular complexity index is 704. The van der Waals surface area contributed by atoms with E-state index in [0.717, 1.165) is 17.8 Å². The molecule has 0 saturated heterocycles. The molecule has 124 valence electrons. The number of thiazole rings is 1. The topological polar surface area (TPSA) is 54.5 Å². The summed E-state index contributed by atoms with van der Waals surface area (Å²) in [5, 5.41) is 4.94. The lowest BCUT2D eigenvalue weighted by Gasteiger charge is -2.13. The number of carbonyl (C=O) groups is 1. The maximum absolute atomic E-state index is 14.4. The molecule has 1 aromatic carbocycles. The van der Waals surface area contributed by atoms with Crippen molar-refractivity contribution in [2.75, 3.05) is 20.8 Å². The monoisotopic (exact) mass is 341 g/mol. The van der Waals surface area contributed by atoms with Gasteiger partial charge in [-0.1, -0.05) is 0 Å². The van der Waals surface area contributed by atoms with Crippen LogP contribution in [0, 0.1) is 18.6 Å². The maximum atomic E-state index is 14.4. The zero-order valence-corrected chi connectivity index (χ0v) is 13.8. The Morgan fingerprint density at radius 1 is 1.39 bits per heavy atom. The second-order valence-corrected chi connectivity index (χ2v) is 6.09. The van der Waals surface area contributed by atoms with E-state index in [0.29, 0.717) is 5.01 Å². The summed E-state index contributed by atoms with van der Waals surface area (Å²) in [6, 6.07) is 2.17. The highest BCUT2D eigenvalue weighted by Gasteiger charge is 2.21. The predicted molar refractivity (Wildman–Crippen MR) is 83.6 cm³/mol. The average molecular weight is 341 g/mol. The van der Waals surface area contributed by atoms with Crippen molar-refractivity contribution >= 4 is 17.2 Å². The fourth-order valence-electron chi connectivity index (χ4n) is 1.78. The number of benzene rings is 1. The molecule has 2 aromatic rings. The van der Waals surface area contributed by atoms with Crippen LogP contribution in [0.5, 0.6) is 5.75 Å². The first-order valence-electron chi connectivity index (χ1n) is 6.83. The predicted octanol–water partition coefficient (Wildman–Crippen LogP) is 2.56. The molecule has 0 unspecified atom stereocenters. The lowest BCUT2D eigenvalue weighted by molar-refractivity contribution is 0.0925. The third-order valence-electron chi connectivity index (χ3n) is 2.86.